The molecule has 6 rings (SSSR count). The third kappa shape index (κ3) is 4.44. The summed E-state index contributed by atoms with van der Waals surface area (Å²) in [5.74, 6) is 0.822. The van der Waals surface area contributed by atoms with Crippen molar-refractivity contribution in [1.82, 2.24) is 19.6 Å². The van der Waals surface area contributed by atoms with E-state index in [1.807, 2.05) is 6.92 Å². The molecular formula is C24H21N7O4S2. The smallest absolute Gasteiger partial charge is 0.283 e. The summed E-state index contributed by atoms with van der Waals surface area (Å²) in [5.41, 5.74) is 1.01. The SMILES string of the molecule is CCc1nn2c(=O)cc(COc3ccc(/C=C4\C(=N)N5N=C(C6CC6)SC5=NC4=O)cc3OC)nc2s1. The van der Waals surface area contributed by atoms with E-state index >= 15 is 0 Å². The van der Waals surface area contributed by atoms with Crippen molar-refractivity contribution in [3.8, 4) is 11.5 Å². The van der Waals surface area contributed by atoms with Crippen LogP contribution in [-0.2, 0) is 17.8 Å². The van der Waals surface area contributed by atoms with Gasteiger partial charge in [-0.05, 0) is 54.8 Å². The second-order valence-corrected chi connectivity index (χ2v) is 10.6. The molecule has 1 amide bonds. The Morgan fingerprint density at radius 2 is 2.05 bits per heavy atom. The van der Waals surface area contributed by atoms with Crippen molar-refractivity contribution < 1.29 is 14.3 Å². The van der Waals surface area contributed by atoms with Gasteiger partial charge in [0.25, 0.3) is 11.5 Å². The molecule has 2 aliphatic heterocycles. The van der Waals surface area contributed by atoms with Crippen LogP contribution in [0.3, 0.4) is 0 Å². The molecule has 1 fully saturated rings. The number of nitrogens with zero attached hydrogens (tertiary/aromatic N) is 6. The van der Waals surface area contributed by atoms with Crippen molar-refractivity contribution in [2.45, 2.75) is 32.8 Å². The lowest BCUT2D eigenvalue weighted by Gasteiger charge is -2.20. The molecule has 0 bridgehead atoms. The second kappa shape index (κ2) is 9.23. The van der Waals surface area contributed by atoms with E-state index in [4.69, 9.17) is 14.9 Å². The Balaban J connectivity index is 1.22. The van der Waals surface area contributed by atoms with Crippen molar-refractivity contribution in [3.05, 3.63) is 56.5 Å². The van der Waals surface area contributed by atoms with Crippen LogP contribution in [-0.4, -0.2) is 48.7 Å². The number of hydrogen-bond donors (Lipinski definition) is 1. The van der Waals surface area contributed by atoms with Crippen LogP contribution >= 0.6 is 23.1 Å². The highest BCUT2D eigenvalue weighted by atomic mass is 32.2. The van der Waals surface area contributed by atoms with E-state index in [0.29, 0.717) is 38.8 Å². The van der Waals surface area contributed by atoms with Gasteiger partial charge >= 0.3 is 0 Å². The van der Waals surface area contributed by atoms with Crippen molar-refractivity contribution in [2.75, 3.05) is 7.11 Å². The summed E-state index contributed by atoms with van der Waals surface area (Å²) in [6.07, 6.45) is 4.48. The van der Waals surface area contributed by atoms with Crippen LogP contribution in [0.25, 0.3) is 11.0 Å². The van der Waals surface area contributed by atoms with E-state index in [2.05, 4.69) is 20.2 Å². The summed E-state index contributed by atoms with van der Waals surface area (Å²) in [5, 5.41) is 20.9. The third-order valence-electron chi connectivity index (χ3n) is 5.91. The van der Waals surface area contributed by atoms with Crippen LogP contribution in [0.1, 0.15) is 36.0 Å². The van der Waals surface area contributed by atoms with Crippen LogP contribution < -0.4 is 15.0 Å². The predicted molar refractivity (Wildman–Crippen MR) is 142 cm³/mol. The molecule has 188 valence electrons. The number of thioether (sulfide) groups is 1. The summed E-state index contributed by atoms with van der Waals surface area (Å²) >= 11 is 2.74. The summed E-state index contributed by atoms with van der Waals surface area (Å²) < 4.78 is 12.7. The number of hydrogen-bond acceptors (Lipinski definition) is 10. The van der Waals surface area contributed by atoms with Gasteiger partial charge in [-0.15, -0.1) is 0 Å². The summed E-state index contributed by atoms with van der Waals surface area (Å²) in [4.78, 5) is 34.2. The normalized spacial score (nSPS) is 18.3. The molecule has 1 aliphatic carbocycles. The fourth-order valence-electron chi connectivity index (χ4n) is 3.83. The number of amides is 1. The lowest BCUT2D eigenvalue weighted by atomic mass is 10.1. The molecule has 37 heavy (non-hydrogen) atoms. The van der Waals surface area contributed by atoms with E-state index in [-0.39, 0.29) is 23.6 Å². The van der Waals surface area contributed by atoms with Gasteiger partial charge < -0.3 is 9.47 Å². The highest BCUT2D eigenvalue weighted by Crippen LogP contribution is 2.40. The molecule has 1 saturated carbocycles. The van der Waals surface area contributed by atoms with Crippen LogP contribution in [0.2, 0.25) is 0 Å². The van der Waals surface area contributed by atoms with E-state index in [1.165, 1.54) is 45.8 Å². The number of hydrazone groups is 1. The predicted octanol–water partition coefficient (Wildman–Crippen LogP) is 3.33. The van der Waals surface area contributed by atoms with E-state index < -0.39 is 5.91 Å². The molecule has 0 saturated heterocycles. The lowest BCUT2D eigenvalue weighted by Crippen LogP contribution is -2.35. The molecule has 3 aromatic rings. The van der Waals surface area contributed by atoms with Gasteiger partial charge in [0, 0.05) is 12.0 Å². The van der Waals surface area contributed by atoms with Gasteiger partial charge in [-0.1, -0.05) is 24.3 Å². The van der Waals surface area contributed by atoms with Gasteiger partial charge in [-0.3, -0.25) is 15.0 Å². The monoisotopic (exact) mass is 535 g/mol. The average Bonchev–Trinajstić information content (AvgIpc) is 3.51. The molecule has 4 heterocycles. The Labute approximate surface area is 219 Å². The summed E-state index contributed by atoms with van der Waals surface area (Å²) in [6, 6.07) is 6.58. The molecule has 1 N–H and O–H groups in total. The zero-order valence-corrected chi connectivity index (χ0v) is 21.6. The van der Waals surface area contributed by atoms with Crippen LogP contribution in [0, 0.1) is 11.3 Å². The Bertz CT molecular complexity index is 1620. The van der Waals surface area contributed by atoms with Crippen molar-refractivity contribution in [1.29, 1.82) is 5.41 Å². The number of aromatic nitrogens is 3. The molecule has 0 atom stereocenters. The molecule has 1 aromatic carbocycles. The van der Waals surface area contributed by atoms with Crippen LogP contribution in [0.4, 0.5) is 0 Å². The van der Waals surface area contributed by atoms with Crippen molar-refractivity contribution >= 4 is 56.1 Å². The number of fused-ring (bicyclic) bond motifs is 2. The number of carbonyl (C=O) groups is 1. The van der Waals surface area contributed by atoms with Gasteiger partial charge in [0.2, 0.25) is 10.1 Å². The number of benzene rings is 1. The van der Waals surface area contributed by atoms with Crippen LogP contribution in [0.15, 0.2) is 44.7 Å². The van der Waals surface area contributed by atoms with Gasteiger partial charge in [0.1, 0.15) is 16.7 Å². The first-order chi connectivity index (χ1) is 17.9. The Kier molecular flexibility index (Phi) is 5.88. The van der Waals surface area contributed by atoms with Gasteiger partial charge in [0.15, 0.2) is 17.3 Å². The summed E-state index contributed by atoms with van der Waals surface area (Å²) in [6.45, 7) is 2.04. The third-order valence-corrected chi connectivity index (χ3v) is 8.04. The van der Waals surface area contributed by atoms with Gasteiger partial charge in [-0.25, -0.2) is 4.98 Å². The molecular weight excluding hydrogens is 514 g/mol. The first kappa shape index (κ1) is 23.6. The number of methoxy groups -OCH3 is 1. The minimum absolute atomic E-state index is 0.000468. The minimum Gasteiger partial charge on any atom is -0.493 e. The van der Waals surface area contributed by atoms with E-state index in [1.54, 1.807) is 24.3 Å². The standard InChI is InChI=1S/C24H21N7O4S2/c1-3-18-28-30-19(32)10-14(26-23(30)36-18)11-35-16-7-4-12(9-17(16)34-2)8-15-20(25)31-24(27-21(15)33)37-22(29-31)13-5-6-13/h4,7-10,13,25H,3,5-6,11H2,1-2H3/b15-8+,25-20?. The number of carbonyl (C=O) groups excluding carboxylic acids is 1. The van der Waals surface area contributed by atoms with Crippen LogP contribution in [0.5, 0.6) is 11.5 Å². The molecule has 0 radical (unpaired) electrons. The lowest BCUT2D eigenvalue weighted by molar-refractivity contribution is -0.114. The number of nitrogens with one attached hydrogen (secondary N) is 1. The highest BCUT2D eigenvalue weighted by Gasteiger charge is 2.40. The maximum absolute atomic E-state index is 12.7. The Hall–Kier alpha value is -3.84. The zero-order valence-electron chi connectivity index (χ0n) is 19.9. The highest BCUT2D eigenvalue weighted by molar-refractivity contribution is 8.27. The Morgan fingerprint density at radius 3 is 2.81 bits per heavy atom. The second-order valence-electron chi connectivity index (χ2n) is 8.56. The number of aryl methyl sites for hydroxylation is 1. The molecule has 3 aliphatic rings. The number of amidine groups is 2. The zero-order chi connectivity index (χ0) is 25.7. The van der Waals surface area contributed by atoms with Gasteiger partial charge in [0.05, 0.1) is 18.4 Å². The average molecular weight is 536 g/mol. The largest absolute Gasteiger partial charge is 0.493 e. The summed E-state index contributed by atoms with van der Waals surface area (Å²) in [7, 11) is 1.51. The van der Waals surface area contributed by atoms with Crippen molar-refractivity contribution in [2.24, 2.45) is 16.0 Å². The molecule has 0 spiro atoms. The molecule has 13 heteroatoms. The van der Waals surface area contributed by atoms with Gasteiger partial charge in [-0.2, -0.15) is 24.7 Å². The maximum Gasteiger partial charge on any atom is 0.283 e. The maximum atomic E-state index is 12.7. The fourth-order valence-corrected chi connectivity index (χ4v) is 5.74. The number of rotatable bonds is 7. The molecule has 11 nitrogen and oxygen atoms in total. The molecule has 2 aromatic heterocycles. The van der Waals surface area contributed by atoms with Crippen molar-refractivity contribution in [3.63, 3.8) is 0 Å². The molecule has 0 unspecified atom stereocenters. The first-order valence-corrected chi connectivity index (χ1v) is 13.3. The van der Waals surface area contributed by atoms with E-state index in [0.717, 1.165) is 29.3 Å². The minimum atomic E-state index is -0.475. The first-order valence-electron chi connectivity index (χ1n) is 11.6. The number of aliphatic imine (C=N–C) groups is 1. The topological polar surface area (TPSA) is 135 Å². The Morgan fingerprint density at radius 1 is 1.22 bits per heavy atom. The fraction of sp³-hybridized carbons (Fsp3) is 0.292. The van der Waals surface area contributed by atoms with E-state index in [9.17, 15) is 9.59 Å². The number of ether oxygens (including phenoxy) is 2. The quantitative estimate of drug-likeness (QED) is 0.455.